The second kappa shape index (κ2) is 33.9. The Morgan fingerprint density at radius 3 is 0.888 bits per heavy atom. The van der Waals surface area contributed by atoms with E-state index in [0.29, 0.717) is 34.4 Å². The molecule has 8 rings (SSSR count). The second-order valence-corrected chi connectivity index (χ2v) is 35.2. The fourth-order valence-electron chi connectivity index (χ4n) is 9.82. The summed E-state index contributed by atoms with van der Waals surface area (Å²) in [6, 6.07) is 22.3. The molecule has 0 heterocycles. The molecule has 0 spiro atoms. The van der Waals surface area contributed by atoms with Crippen molar-refractivity contribution in [2.75, 3.05) is 66.7 Å². The van der Waals surface area contributed by atoms with Crippen LogP contribution >= 0.6 is 0 Å². The van der Waals surface area contributed by atoms with Crippen LogP contribution in [-0.4, -0.2) is 160 Å². The van der Waals surface area contributed by atoms with E-state index < -0.39 is 124 Å². The zero-order chi connectivity index (χ0) is 78.8. The molecule has 0 saturated heterocycles. The molecule has 0 radical (unpaired) electrons. The number of fused-ring (bicyclic) bond motifs is 2. The Morgan fingerprint density at radius 1 is 0.308 bits per heavy atom. The topological polar surface area (TPSA) is 595 Å². The van der Waals surface area contributed by atoms with Gasteiger partial charge in [0, 0.05) is 35.0 Å². The Balaban J connectivity index is 1.09. The van der Waals surface area contributed by atoms with Crippen LogP contribution in [-0.2, 0) is 80.9 Å². The van der Waals surface area contributed by atoms with Gasteiger partial charge in [-0.3, -0.25) is 36.4 Å². The fourth-order valence-corrected chi connectivity index (χ4v) is 14.5. The maximum Gasteiger partial charge on any atom is 0.295 e. The number of nitrogens with one attached hydrogen (secondary N) is 2. The van der Waals surface area contributed by atoms with Crippen LogP contribution in [0.2, 0.25) is 0 Å². The van der Waals surface area contributed by atoms with Gasteiger partial charge < -0.3 is 29.6 Å². The van der Waals surface area contributed by atoms with Crippen molar-refractivity contribution in [3.8, 4) is 23.0 Å². The number of ether oxygens (including phenoxy) is 4. The van der Waals surface area contributed by atoms with Crippen LogP contribution in [0.1, 0.15) is 47.9 Å². The molecule has 46 heteroatoms. The largest absolute Gasteiger partial charge is 0.491 e. The van der Waals surface area contributed by atoms with Gasteiger partial charge in [0.1, 0.15) is 44.2 Å². The predicted octanol–water partition coefficient (Wildman–Crippen LogP) is 12.0. The molecule has 0 atom stereocenters. The zero-order valence-corrected chi connectivity index (χ0v) is 62.7. The van der Waals surface area contributed by atoms with Gasteiger partial charge >= 0.3 is 0 Å². The van der Waals surface area contributed by atoms with E-state index in [-0.39, 0.29) is 160 Å². The van der Waals surface area contributed by atoms with Crippen LogP contribution in [0.15, 0.2) is 170 Å². The molecule has 38 nitrogen and oxygen atoms in total. The Bertz CT molecular complexity index is 5530. The van der Waals surface area contributed by atoms with Crippen molar-refractivity contribution < 1.29 is 123 Å². The van der Waals surface area contributed by atoms with Crippen LogP contribution in [0.4, 0.5) is 56.9 Å². The van der Waals surface area contributed by atoms with Crippen LogP contribution < -0.4 is 29.6 Å². The quantitative estimate of drug-likeness (QED) is 0.00754. The van der Waals surface area contributed by atoms with E-state index in [1.807, 2.05) is 0 Å². The lowest BCUT2D eigenvalue weighted by atomic mass is 10.1. The van der Waals surface area contributed by atoms with Crippen LogP contribution in [0.3, 0.4) is 0 Å². The van der Waals surface area contributed by atoms with Gasteiger partial charge in [0.15, 0.2) is 0 Å². The van der Waals surface area contributed by atoms with Gasteiger partial charge in [-0.2, -0.15) is 98.0 Å². The van der Waals surface area contributed by atoms with E-state index in [2.05, 4.69) is 51.5 Å². The molecule has 0 unspecified atom stereocenters. The minimum Gasteiger partial charge on any atom is -0.491 e. The predicted molar refractivity (Wildman–Crippen MR) is 387 cm³/mol. The number of benzene rings is 8. The van der Waals surface area contributed by atoms with Crippen molar-refractivity contribution in [1.29, 1.82) is 0 Å². The van der Waals surface area contributed by atoms with Crippen molar-refractivity contribution in [2.45, 2.75) is 73.0 Å². The maximum absolute atomic E-state index is 12.2. The third-order valence-electron chi connectivity index (χ3n) is 14.9. The lowest BCUT2D eigenvalue weighted by molar-refractivity contribution is 0.317. The molecule has 0 saturated carbocycles. The van der Waals surface area contributed by atoms with Crippen molar-refractivity contribution in [1.82, 2.24) is 0 Å². The Morgan fingerprint density at radius 2 is 0.589 bits per heavy atom. The summed E-state index contributed by atoms with van der Waals surface area (Å²) < 4.78 is 291. The summed E-state index contributed by atoms with van der Waals surface area (Å²) in [5.41, 5.74) is 2.93. The van der Waals surface area contributed by atoms with Gasteiger partial charge in [0.2, 0.25) is 0 Å². The van der Waals surface area contributed by atoms with Crippen LogP contribution in [0.25, 0.3) is 21.5 Å². The molecule has 0 aliphatic carbocycles. The maximum atomic E-state index is 12.2. The summed E-state index contributed by atoms with van der Waals surface area (Å²) in [5.74, 6) is -2.67. The summed E-state index contributed by atoms with van der Waals surface area (Å²) >= 11 is 0. The van der Waals surface area contributed by atoms with E-state index in [4.69, 9.17) is 18.9 Å². The molecule has 0 amide bonds. The van der Waals surface area contributed by atoms with Gasteiger partial charge in [0.05, 0.1) is 111 Å². The van der Waals surface area contributed by atoms with E-state index >= 15 is 0 Å². The molecule has 576 valence electrons. The van der Waals surface area contributed by atoms with Crippen LogP contribution in [0.5, 0.6) is 23.0 Å². The highest BCUT2D eigenvalue weighted by Gasteiger charge is 2.24. The molecule has 0 aliphatic rings. The fraction of sp³-hybridized carbons (Fsp3) is 0.279. The first kappa shape index (κ1) is 83.4. The molecule has 8 aromatic carbocycles. The number of hydrogen-bond acceptors (Lipinski definition) is 30. The zero-order valence-electron chi connectivity index (χ0n) is 56.2. The summed E-state index contributed by atoms with van der Waals surface area (Å²) in [4.78, 5) is -3.32. The normalized spacial score (nSPS) is 13.0. The summed E-state index contributed by atoms with van der Waals surface area (Å²) in [7, 11) is -37.6. The summed E-state index contributed by atoms with van der Waals surface area (Å²) in [5, 5.41) is 40.6. The van der Waals surface area contributed by atoms with E-state index in [1.54, 1.807) is 39.8 Å². The van der Waals surface area contributed by atoms with E-state index in [0.717, 1.165) is 12.1 Å². The Hall–Kier alpha value is -9.24. The summed E-state index contributed by atoms with van der Waals surface area (Å²) in [6.07, 6.45) is -0.786. The number of nitrogens with zero attached hydrogens (tertiary/aromatic N) is 8. The smallest absolute Gasteiger partial charge is 0.295 e. The molecule has 10 N–H and O–H groups in total. The van der Waals surface area contributed by atoms with Gasteiger partial charge in [-0.1, -0.05) is 12.1 Å². The molecule has 0 aliphatic heterocycles. The average Bonchev–Trinajstić information content (AvgIpc) is 0.772. The number of hydrogen-bond donors (Lipinski definition) is 10. The number of aryl methyl sites for hydroxylation is 4. The van der Waals surface area contributed by atoms with Gasteiger partial charge in [-0.15, -0.1) is 10.2 Å². The van der Waals surface area contributed by atoms with Crippen molar-refractivity contribution in [2.24, 2.45) is 40.9 Å². The van der Waals surface area contributed by atoms with Crippen molar-refractivity contribution >= 4 is 159 Å². The van der Waals surface area contributed by atoms with E-state index in [1.165, 1.54) is 72.8 Å². The number of anilines is 2. The molecule has 0 fully saturated rings. The van der Waals surface area contributed by atoms with Gasteiger partial charge in [-0.25, -0.2) is 0 Å². The molecule has 107 heavy (non-hydrogen) atoms. The number of rotatable bonds is 36. The van der Waals surface area contributed by atoms with Gasteiger partial charge in [0.25, 0.3) is 80.9 Å². The first-order valence-corrected chi connectivity index (χ1v) is 43.0. The first-order chi connectivity index (χ1) is 49.7. The lowest BCUT2D eigenvalue weighted by Crippen LogP contribution is -2.15. The highest BCUT2D eigenvalue weighted by atomic mass is 32.2. The van der Waals surface area contributed by atoms with Gasteiger partial charge in [-0.05, 0) is 159 Å². The standard InChI is InChI=1S/C61H66N10O28S8/c1-36-21-52(56(96-13-5-17-100(72,73)74)31-50(36)68-70-54-23-38(3)48(33-58(54)98-15-7-19-102(78,79)80)66-64-42-9-11-46-40(25-42)27-44(104(84,85)86)29-60(46)106(90,91)92)62-35-63-53-22-37(2)51(32-57(53)97-14-6-18-101(75,76)77)69-71-55-24-39(4)49(34-59(55)99-16-8-20-103(81,82)83)67-65-43-10-12-47-41(26-43)28-45(105(87,88)89)30-61(47)107(93,94)95/h9-12,21-34,62-63H,5-8,13-20,35H2,1-4H3,(H,72,73,74)(H,75,76,77)(H,78,79,80)(H,81,82,83)(H,84,85,86)(H,87,88,89)(H,90,91,92)(H,93,94,95). The third-order valence-corrected chi connectivity index (χ3v) is 21.6. The third kappa shape index (κ3) is 24.9. The molecular weight excluding hydrogens is 1580 g/mol. The highest BCUT2D eigenvalue weighted by Crippen LogP contribution is 2.43. The first-order valence-electron chi connectivity index (χ1n) is 30.8. The van der Waals surface area contributed by atoms with E-state index in [9.17, 15) is 104 Å². The molecular formula is C61H66N10O28S8. The molecule has 8 aromatic rings. The average molecular weight is 1640 g/mol. The second-order valence-electron chi connectivity index (χ2n) is 23.3. The molecule has 0 bridgehead atoms. The Kier molecular flexibility index (Phi) is 26.4. The number of azo groups is 4. The minimum atomic E-state index is -5.00. The molecule has 0 aromatic heterocycles. The SMILES string of the molecule is Cc1cc(N=Nc2cc(OCCCS(=O)(=O)O)c(NCNc3cc(C)c(N=Nc4cc(C)c(N=Nc5ccc6c(S(=O)(=O)O)cc(S(=O)(=O)O)cc6c5)cc4OCCCS(=O)(=O)O)cc3OCCCS(=O)(=O)O)cc2C)c(OCCCS(=O)(=O)O)cc1N=Nc1ccc2c(S(=O)(=O)O)cc(S(=O)(=O)O)cc2c1. The Labute approximate surface area is 613 Å². The van der Waals surface area contributed by atoms with Crippen molar-refractivity contribution in [3.05, 3.63) is 131 Å². The van der Waals surface area contributed by atoms with Crippen molar-refractivity contribution in [3.63, 3.8) is 0 Å². The monoisotopic (exact) mass is 1640 g/mol. The summed E-state index contributed by atoms with van der Waals surface area (Å²) in [6.45, 7) is 5.18. The van der Waals surface area contributed by atoms with Crippen LogP contribution in [0, 0.1) is 27.7 Å². The minimum absolute atomic E-state index is 0.0310. The lowest BCUT2D eigenvalue weighted by Gasteiger charge is -2.18. The highest BCUT2D eigenvalue weighted by molar-refractivity contribution is 7.88.